The number of ether oxygens (including phenoxy) is 1. The van der Waals surface area contributed by atoms with E-state index in [0.29, 0.717) is 11.4 Å². The molecular formula is C22H29B8N7O2. The number of aromatic nitrogens is 5. The minimum Gasteiger partial charge on any atom is -0.402 e. The number of pyridine rings is 3. The normalized spacial score (nSPS) is 18.9. The van der Waals surface area contributed by atoms with Crippen molar-refractivity contribution in [2.24, 2.45) is 7.05 Å². The topological polar surface area (TPSA) is 98.1 Å². The first kappa shape index (κ1) is 27.2. The summed E-state index contributed by atoms with van der Waals surface area (Å²) in [7, 11) is 19.0. The number of nitrogens with one attached hydrogen (secondary N) is 1. The minimum absolute atomic E-state index is 0.261. The molecule has 0 aromatic carbocycles. The molecule has 4 aromatic rings. The highest BCUT2D eigenvalue weighted by molar-refractivity contribution is 6.61. The molecule has 0 bridgehead atoms. The Labute approximate surface area is 236 Å². The van der Waals surface area contributed by atoms with Crippen molar-refractivity contribution in [2.45, 2.75) is 21.5 Å². The number of amides is 1. The fourth-order valence-electron chi connectivity index (χ4n) is 5.44. The molecule has 0 atom stereocenters. The summed E-state index contributed by atoms with van der Waals surface area (Å²) in [5, 5.41) is 2.07. The van der Waals surface area contributed by atoms with E-state index < -0.39 is 21.5 Å². The van der Waals surface area contributed by atoms with Crippen LogP contribution in [0.2, 0.25) is 0 Å². The average molecular weight is 510 g/mol. The number of hydrogen-bond acceptors (Lipinski definition) is 7. The maximum absolute atomic E-state index is 13.4. The van der Waals surface area contributed by atoms with Crippen LogP contribution in [0.5, 0.6) is 0 Å². The van der Waals surface area contributed by atoms with Crippen LogP contribution < -0.4 is 10.2 Å². The molecule has 0 radical (unpaired) electrons. The number of rotatable bonds is 4. The summed E-state index contributed by atoms with van der Waals surface area (Å²) in [6.07, 6.45) is 8.70. The highest BCUT2D eigenvalue weighted by Gasteiger charge is 2.58. The standard InChI is InChI=1S/C22H29B8N7O2/c1-36-10-31-9-15(36)13-4-12-5-16(34-8-14(12)33-7-13)35-18(38)11-2-3-32-17(6-11)37-19(23,24)21(27,28)39-22(29,30)20(37,25)26/h2-10H,23-30H2,1H3,(H,34,35,38). The van der Waals surface area contributed by atoms with E-state index in [1.165, 1.54) is 0 Å². The van der Waals surface area contributed by atoms with Crippen molar-refractivity contribution in [3.63, 3.8) is 0 Å². The Morgan fingerprint density at radius 1 is 0.897 bits per heavy atom. The van der Waals surface area contributed by atoms with Crippen LogP contribution in [0.3, 0.4) is 0 Å². The molecular weight excluding hydrogens is 481 g/mol. The lowest BCUT2D eigenvalue weighted by Gasteiger charge is -2.69. The van der Waals surface area contributed by atoms with Gasteiger partial charge in [-0.3, -0.25) is 9.78 Å². The van der Waals surface area contributed by atoms with E-state index in [1.54, 1.807) is 37.2 Å². The predicted molar refractivity (Wildman–Crippen MR) is 177 cm³/mol. The number of fused-ring (bicyclic) bond motifs is 1. The molecule has 4 aromatic heterocycles. The van der Waals surface area contributed by atoms with Crippen molar-refractivity contribution in [3.05, 3.63) is 60.9 Å². The Morgan fingerprint density at radius 2 is 1.59 bits per heavy atom. The molecule has 0 unspecified atom stereocenters. The van der Waals surface area contributed by atoms with Gasteiger partial charge in [0.1, 0.15) is 74.4 Å². The molecule has 17 heteroatoms. The quantitative estimate of drug-likeness (QED) is 0.274. The summed E-state index contributed by atoms with van der Waals surface area (Å²) in [6.45, 7) is 0. The Morgan fingerprint density at radius 3 is 2.23 bits per heavy atom. The monoisotopic (exact) mass is 511 g/mol. The van der Waals surface area contributed by atoms with Crippen molar-refractivity contribution < 1.29 is 9.53 Å². The molecule has 9 nitrogen and oxygen atoms in total. The second kappa shape index (κ2) is 9.11. The summed E-state index contributed by atoms with van der Waals surface area (Å²) >= 11 is 0. The zero-order valence-corrected chi connectivity index (χ0v) is 24.2. The third kappa shape index (κ3) is 4.50. The molecule has 39 heavy (non-hydrogen) atoms. The van der Waals surface area contributed by atoms with Gasteiger partial charge in [-0.25, -0.2) is 15.0 Å². The molecule has 1 N–H and O–H groups in total. The molecule has 1 amide bonds. The van der Waals surface area contributed by atoms with Gasteiger partial charge in [0.05, 0.1) is 29.9 Å². The van der Waals surface area contributed by atoms with Crippen LogP contribution in [0.4, 0.5) is 11.6 Å². The van der Waals surface area contributed by atoms with Crippen LogP contribution in [-0.4, -0.2) is 115 Å². The second-order valence-electron chi connectivity index (χ2n) is 12.3. The number of aryl methyl sites for hydroxylation is 1. The van der Waals surface area contributed by atoms with Gasteiger partial charge in [-0.2, -0.15) is 0 Å². The van der Waals surface area contributed by atoms with Crippen LogP contribution in [0.1, 0.15) is 10.4 Å². The fourth-order valence-corrected chi connectivity index (χ4v) is 5.44. The number of nitrogens with zero attached hydrogens (tertiary/aromatic N) is 6. The first-order chi connectivity index (χ1) is 18.1. The van der Waals surface area contributed by atoms with E-state index >= 15 is 0 Å². The first-order valence-corrected chi connectivity index (χ1v) is 13.1. The van der Waals surface area contributed by atoms with Gasteiger partial charge in [0.2, 0.25) is 0 Å². The van der Waals surface area contributed by atoms with Gasteiger partial charge in [0, 0.05) is 46.8 Å². The second-order valence-corrected chi connectivity index (χ2v) is 12.3. The summed E-state index contributed by atoms with van der Waals surface area (Å²) < 4.78 is 8.54. The molecule has 1 aliphatic rings. The van der Waals surface area contributed by atoms with Crippen LogP contribution in [0.15, 0.2) is 55.4 Å². The first-order valence-electron chi connectivity index (χ1n) is 13.1. The molecule has 1 saturated heterocycles. The number of morpholine rings is 1. The molecule has 0 spiro atoms. The van der Waals surface area contributed by atoms with Gasteiger partial charge >= 0.3 is 0 Å². The van der Waals surface area contributed by atoms with E-state index in [2.05, 4.69) is 87.9 Å². The summed E-state index contributed by atoms with van der Waals surface area (Å²) in [6, 6.07) is 7.42. The molecule has 0 aliphatic carbocycles. The van der Waals surface area contributed by atoms with Crippen LogP contribution in [-0.2, 0) is 11.8 Å². The van der Waals surface area contributed by atoms with Gasteiger partial charge in [-0.15, -0.1) is 0 Å². The Kier molecular flexibility index (Phi) is 6.37. The Balaban J connectivity index is 1.46. The number of hydrogen-bond donors (Lipinski definition) is 1. The largest absolute Gasteiger partial charge is 0.402 e. The van der Waals surface area contributed by atoms with Crippen LogP contribution in [0, 0.1) is 0 Å². The maximum Gasteiger partial charge on any atom is 0.257 e. The SMILES string of the molecule is BC1(B)OC(B)(B)C(B)(B)N(c2cc(C(=O)Nc3cc4cc(-c5cncn5C)cnc4cn3)ccn2)C1(B)B. The van der Waals surface area contributed by atoms with Crippen molar-refractivity contribution in [1.29, 1.82) is 0 Å². The molecule has 1 fully saturated rings. The zero-order valence-electron chi connectivity index (χ0n) is 24.2. The average Bonchev–Trinajstić information content (AvgIpc) is 3.28. The van der Waals surface area contributed by atoms with Crippen molar-refractivity contribution in [1.82, 2.24) is 24.5 Å². The third-order valence-corrected chi connectivity index (χ3v) is 8.73. The summed E-state index contributed by atoms with van der Waals surface area (Å²) in [5.74, 6) is 0.909. The molecule has 5 rings (SSSR count). The number of imidazole rings is 1. The van der Waals surface area contributed by atoms with Gasteiger partial charge < -0.3 is 19.5 Å². The smallest absolute Gasteiger partial charge is 0.257 e. The van der Waals surface area contributed by atoms with Crippen LogP contribution in [0.25, 0.3) is 22.2 Å². The number of anilines is 2. The van der Waals surface area contributed by atoms with Gasteiger partial charge in [0.15, 0.2) is 0 Å². The van der Waals surface area contributed by atoms with E-state index in [4.69, 9.17) is 9.72 Å². The predicted octanol–water partition coefficient (Wildman–Crippen LogP) is -5.81. The van der Waals surface area contributed by atoms with Gasteiger partial charge in [-0.05, 0) is 34.9 Å². The minimum atomic E-state index is -0.469. The summed E-state index contributed by atoms with van der Waals surface area (Å²) in [4.78, 5) is 33.6. The van der Waals surface area contributed by atoms with E-state index in [9.17, 15) is 4.79 Å². The number of carbonyl (C=O) groups excluding carboxylic acids is 1. The lowest BCUT2D eigenvalue weighted by Crippen LogP contribution is -2.86. The highest BCUT2D eigenvalue weighted by atomic mass is 16.5. The summed E-state index contributed by atoms with van der Waals surface area (Å²) in [5.41, 5.74) is 3.13. The van der Waals surface area contributed by atoms with E-state index in [1.807, 2.05) is 29.8 Å². The maximum atomic E-state index is 13.4. The molecule has 1 aliphatic heterocycles. The van der Waals surface area contributed by atoms with E-state index in [0.717, 1.165) is 28.0 Å². The van der Waals surface area contributed by atoms with Crippen molar-refractivity contribution >= 4 is 91.2 Å². The van der Waals surface area contributed by atoms with E-state index in [-0.39, 0.29) is 5.91 Å². The third-order valence-electron chi connectivity index (χ3n) is 8.73. The lowest BCUT2D eigenvalue weighted by molar-refractivity contribution is -0.0256. The molecule has 5 heterocycles. The van der Waals surface area contributed by atoms with Crippen LogP contribution >= 0.6 is 0 Å². The highest BCUT2D eigenvalue weighted by Crippen LogP contribution is 2.42. The van der Waals surface area contributed by atoms with Gasteiger partial charge in [-0.1, -0.05) is 0 Å². The zero-order chi connectivity index (χ0) is 28.4. The van der Waals surface area contributed by atoms with Gasteiger partial charge in [0.25, 0.3) is 5.91 Å². The van der Waals surface area contributed by atoms with Crippen molar-refractivity contribution in [2.75, 3.05) is 10.2 Å². The lowest BCUT2D eigenvalue weighted by atomic mass is 9.30. The fraction of sp³-hybridized carbons (Fsp3) is 0.227. The molecule has 0 saturated carbocycles. The Bertz CT molecular complexity index is 1570. The Hall–Kier alpha value is -3.33. The van der Waals surface area contributed by atoms with Crippen molar-refractivity contribution in [3.8, 4) is 11.3 Å². The number of carbonyl (C=O) groups is 1. The molecule has 188 valence electrons.